The van der Waals surface area contributed by atoms with Gasteiger partial charge in [-0.1, -0.05) is 118 Å². The summed E-state index contributed by atoms with van der Waals surface area (Å²) in [6, 6.07) is 30.9. The lowest BCUT2D eigenvalue weighted by molar-refractivity contribution is 0.204. The van der Waals surface area contributed by atoms with Gasteiger partial charge in [0.2, 0.25) is 0 Å². The summed E-state index contributed by atoms with van der Waals surface area (Å²) < 4.78 is 49.7. The zero-order chi connectivity index (χ0) is 38.4. The molecule has 4 aromatic carbocycles. The Hall–Kier alpha value is -1.26. The number of rotatable bonds is 14. The molecule has 292 valence electrons. The van der Waals surface area contributed by atoms with Gasteiger partial charge in [-0.3, -0.25) is 9.13 Å². The van der Waals surface area contributed by atoms with E-state index in [1.54, 1.807) is 47.8 Å². The second kappa shape index (κ2) is 23.2. The Morgan fingerprint density at radius 1 is 0.556 bits per heavy atom. The van der Waals surface area contributed by atoms with Gasteiger partial charge in [0.1, 0.15) is 0 Å². The number of hydrogen-bond acceptors (Lipinski definition) is 8. The molecular formula is C39H43BrCl4O6P2S2. The summed E-state index contributed by atoms with van der Waals surface area (Å²) in [7, 11) is -6.29. The quantitative estimate of drug-likeness (QED) is 0.0800. The lowest BCUT2D eigenvalue weighted by atomic mass is 10.2. The fourth-order valence-corrected chi connectivity index (χ4v) is 13.1. The van der Waals surface area contributed by atoms with Gasteiger partial charge in [-0.2, -0.15) is 0 Å². The van der Waals surface area contributed by atoms with Crippen molar-refractivity contribution in [1.29, 1.82) is 0 Å². The average Bonchev–Trinajstić information content (AvgIpc) is 3.71. The monoisotopic (exact) mass is 952 g/mol. The maximum Gasteiger partial charge on any atom is 0.336 e. The highest BCUT2D eigenvalue weighted by atomic mass is 79.9. The molecule has 1 unspecified atom stereocenters. The van der Waals surface area contributed by atoms with Crippen molar-refractivity contribution < 1.29 is 27.2 Å². The standard InChI is InChI=1S/C18H17Cl2O3PS.C13H17O3PS.C7H5BrCl2.CH4/c1-2-22-24(21,23-11-15-16(19)7-5-8-17(15)20)12-14-10-13-6-3-4-9-18(13)25-14;1-3-15-17(14,16-4-2)10-12-9-11-7-5-6-8-13(11)18-12;8-4-5-6(9)2-1-3-7(5)10;/h3-10H,2,11-12H2,1H3;5-9H,3-4,10H2,1-2H3;1-3H,4H2;1H4. The Kier molecular flexibility index (Phi) is 20.3. The maximum absolute atomic E-state index is 13.1. The van der Waals surface area contributed by atoms with Crippen LogP contribution in [0.2, 0.25) is 20.1 Å². The van der Waals surface area contributed by atoms with E-state index in [0.717, 1.165) is 25.4 Å². The van der Waals surface area contributed by atoms with Crippen molar-refractivity contribution in [2.24, 2.45) is 0 Å². The van der Waals surface area contributed by atoms with Crippen molar-refractivity contribution in [3.8, 4) is 0 Å². The van der Waals surface area contributed by atoms with Crippen molar-refractivity contribution in [2.75, 3.05) is 19.8 Å². The summed E-state index contributed by atoms with van der Waals surface area (Å²) >= 11 is 30.5. The third-order valence-corrected chi connectivity index (χ3v) is 15.9. The molecule has 0 amide bonds. The Balaban J connectivity index is 0.000000236. The van der Waals surface area contributed by atoms with Crippen LogP contribution in [-0.2, 0) is 51.5 Å². The molecule has 0 radical (unpaired) electrons. The number of thiophene rings is 2. The second-order valence-corrected chi connectivity index (χ2v) is 19.7. The molecule has 0 saturated heterocycles. The van der Waals surface area contributed by atoms with Crippen LogP contribution < -0.4 is 0 Å². The van der Waals surface area contributed by atoms with Crippen molar-refractivity contribution >= 4 is 120 Å². The van der Waals surface area contributed by atoms with E-state index in [2.05, 4.69) is 34.1 Å². The third-order valence-electron chi connectivity index (χ3n) is 7.29. The second-order valence-electron chi connectivity index (χ2n) is 11.1. The molecule has 6 nitrogen and oxygen atoms in total. The van der Waals surface area contributed by atoms with Crippen LogP contribution in [0.25, 0.3) is 20.2 Å². The molecule has 0 aliphatic carbocycles. The lowest BCUT2D eigenvalue weighted by Gasteiger charge is -2.18. The van der Waals surface area contributed by atoms with Gasteiger partial charge in [0.25, 0.3) is 0 Å². The van der Waals surface area contributed by atoms with Gasteiger partial charge in [-0.05, 0) is 85.6 Å². The zero-order valence-corrected chi connectivity index (χ0v) is 37.3. The van der Waals surface area contributed by atoms with Crippen molar-refractivity contribution in [3.05, 3.63) is 138 Å². The summed E-state index contributed by atoms with van der Waals surface area (Å²) in [5.74, 6) is 0. The number of hydrogen-bond donors (Lipinski definition) is 0. The van der Waals surface area contributed by atoms with Crippen LogP contribution in [0.3, 0.4) is 0 Å². The minimum Gasteiger partial charge on any atom is -0.309 e. The number of benzene rings is 4. The van der Waals surface area contributed by atoms with Gasteiger partial charge in [0.15, 0.2) is 0 Å². The number of halogens is 5. The topological polar surface area (TPSA) is 71.1 Å². The van der Waals surface area contributed by atoms with Gasteiger partial charge < -0.3 is 18.1 Å². The first kappa shape index (κ1) is 47.1. The first-order valence-corrected chi connectivity index (χ1v) is 24.3. The molecule has 0 fully saturated rings. The minimum absolute atomic E-state index is 0. The lowest BCUT2D eigenvalue weighted by Crippen LogP contribution is -2.00. The molecule has 0 N–H and O–H groups in total. The predicted molar refractivity (Wildman–Crippen MR) is 238 cm³/mol. The molecule has 1 atom stereocenters. The molecule has 2 aromatic heterocycles. The smallest absolute Gasteiger partial charge is 0.309 e. The van der Waals surface area contributed by atoms with E-state index in [1.807, 2.05) is 74.5 Å². The summed E-state index contributed by atoms with van der Waals surface area (Å²) in [6.07, 6.45) is 0.580. The molecule has 0 aliphatic heterocycles. The molecule has 6 rings (SSSR count). The predicted octanol–water partition coefficient (Wildman–Crippen LogP) is 16.3. The van der Waals surface area contributed by atoms with E-state index in [0.29, 0.717) is 57.0 Å². The molecule has 0 aliphatic rings. The largest absolute Gasteiger partial charge is 0.336 e. The molecule has 0 bridgehead atoms. The molecule has 2 heterocycles. The minimum atomic E-state index is -3.31. The number of fused-ring (bicyclic) bond motifs is 2. The van der Waals surface area contributed by atoms with Gasteiger partial charge in [0.05, 0.1) is 38.8 Å². The Bertz CT molecular complexity index is 2060. The van der Waals surface area contributed by atoms with Crippen molar-refractivity contribution in [2.45, 2.75) is 52.5 Å². The first-order valence-electron chi connectivity index (χ1n) is 16.6. The van der Waals surface area contributed by atoms with E-state index in [1.165, 1.54) is 10.1 Å². The molecule has 0 saturated carbocycles. The summed E-state index contributed by atoms with van der Waals surface area (Å²) in [5.41, 5.74) is 1.56. The van der Waals surface area contributed by atoms with Crippen LogP contribution in [0.5, 0.6) is 0 Å². The van der Waals surface area contributed by atoms with Gasteiger partial charge in [-0.15, -0.1) is 22.7 Å². The first-order chi connectivity index (χ1) is 25.4. The molecular weight excluding hydrogens is 912 g/mol. The fraction of sp³-hybridized carbons (Fsp3) is 0.282. The van der Waals surface area contributed by atoms with Crippen LogP contribution in [0.15, 0.2) is 97.1 Å². The highest BCUT2D eigenvalue weighted by Crippen LogP contribution is 2.54. The summed E-state index contributed by atoms with van der Waals surface area (Å²) in [5, 5.41) is 5.39. The Morgan fingerprint density at radius 2 is 0.926 bits per heavy atom. The number of alkyl halides is 1. The van der Waals surface area contributed by atoms with Crippen molar-refractivity contribution in [3.63, 3.8) is 0 Å². The van der Waals surface area contributed by atoms with Crippen LogP contribution in [0.4, 0.5) is 0 Å². The van der Waals surface area contributed by atoms with E-state index in [4.69, 9.17) is 64.5 Å². The van der Waals surface area contributed by atoms with E-state index < -0.39 is 15.2 Å². The molecule has 0 spiro atoms. The SMILES string of the molecule is C.CCOP(=O)(Cc1cc2ccccc2s1)OCC.CCOP(=O)(Cc1cc2ccccc2s1)OCc1c(Cl)cccc1Cl.Clc1cccc(Cl)c1CBr. The van der Waals surface area contributed by atoms with E-state index in [9.17, 15) is 9.13 Å². The highest BCUT2D eigenvalue weighted by molar-refractivity contribution is 9.08. The van der Waals surface area contributed by atoms with Gasteiger partial charge >= 0.3 is 15.2 Å². The van der Waals surface area contributed by atoms with Crippen LogP contribution in [0.1, 0.15) is 49.1 Å². The zero-order valence-electron chi connectivity index (χ0n) is 29.2. The van der Waals surface area contributed by atoms with Crippen LogP contribution in [0, 0.1) is 0 Å². The van der Waals surface area contributed by atoms with E-state index >= 15 is 0 Å². The van der Waals surface area contributed by atoms with Gasteiger partial charge in [0, 0.05) is 50.1 Å². The summed E-state index contributed by atoms with van der Waals surface area (Å²) in [4.78, 5) is 2.00. The molecule has 54 heavy (non-hydrogen) atoms. The third kappa shape index (κ3) is 14.0. The normalized spacial score (nSPS) is 12.3. The Morgan fingerprint density at radius 3 is 1.28 bits per heavy atom. The average molecular weight is 956 g/mol. The maximum atomic E-state index is 13.1. The Labute approximate surface area is 355 Å². The fourth-order valence-electron chi connectivity index (χ4n) is 4.95. The van der Waals surface area contributed by atoms with Crippen LogP contribution in [-0.4, -0.2) is 19.8 Å². The van der Waals surface area contributed by atoms with Gasteiger partial charge in [-0.25, -0.2) is 0 Å². The molecule has 6 aromatic rings. The summed E-state index contributed by atoms with van der Waals surface area (Å²) in [6.45, 7) is 6.61. The van der Waals surface area contributed by atoms with Crippen LogP contribution >= 0.6 is 100 Å². The van der Waals surface area contributed by atoms with E-state index in [-0.39, 0.29) is 20.2 Å². The highest BCUT2D eigenvalue weighted by Gasteiger charge is 2.27. The van der Waals surface area contributed by atoms with Crippen molar-refractivity contribution in [1.82, 2.24) is 0 Å². The molecule has 15 heteroatoms.